The van der Waals surface area contributed by atoms with Crippen molar-refractivity contribution in [3.63, 3.8) is 0 Å². The largest absolute Gasteiger partial charge is 0.392 e. The van der Waals surface area contributed by atoms with Crippen LogP contribution in [0.2, 0.25) is 0 Å². The number of hydrogen-bond donors (Lipinski definition) is 1. The molecule has 1 N–H and O–H groups in total. The van der Waals surface area contributed by atoms with Crippen LogP contribution in [0.4, 0.5) is 0 Å². The van der Waals surface area contributed by atoms with Crippen LogP contribution >= 0.6 is 0 Å². The Hall–Kier alpha value is -0.970. The van der Waals surface area contributed by atoms with E-state index >= 15 is 0 Å². The van der Waals surface area contributed by atoms with Crippen molar-refractivity contribution in [2.75, 3.05) is 26.2 Å². The first kappa shape index (κ1) is 14.4. The van der Waals surface area contributed by atoms with Gasteiger partial charge in [-0.2, -0.15) is 0 Å². The predicted molar refractivity (Wildman–Crippen MR) is 76.9 cm³/mol. The van der Waals surface area contributed by atoms with Crippen molar-refractivity contribution < 1.29 is 5.11 Å². The Bertz CT molecular complexity index is 382. The maximum Gasteiger partial charge on any atom is 0.0639 e. The highest BCUT2D eigenvalue weighted by Gasteiger charge is 2.27. The van der Waals surface area contributed by atoms with Gasteiger partial charge in [0.05, 0.1) is 6.10 Å². The molecule has 0 amide bonds. The molecular formula is C15H25N3O. The second-order valence-electron chi connectivity index (χ2n) is 5.65. The second kappa shape index (κ2) is 6.46. The number of piperazine rings is 1. The molecular weight excluding hydrogens is 238 g/mol. The molecule has 0 bridgehead atoms. The summed E-state index contributed by atoms with van der Waals surface area (Å²) >= 11 is 0. The quantitative estimate of drug-likeness (QED) is 0.894. The average Bonchev–Trinajstić information content (AvgIpc) is 2.41. The van der Waals surface area contributed by atoms with Crippen LogP contribution in [-0.4, -0.2) is 58.2 Å². The van der Waals surface area contributed by atoms with E-state index in [0.717, 1.165) is 26.2 Å². The fourth-order valence-electron chi connectivity index (χ4n) is 2.82. The van der Waals surface area contributed by atoms with E-state index in [9.17, 15) is 5.11 Å². The number of rotatable bonds is 4. The molecule has 1 aliphatic heterocycles. The first-order valence-electron chi connectivity index (χ1n) is 7.14. The normalized spacial score (nSPS) is 25.2. The smallest absolute Gasteiger partial charge is 0.0639 e. The molecule has 1 aromatic heterocycles. The van der Waals surface area contributed by atoms with E-state index in [1.54, 1.807) is 0 Å². The molecule has 1 aliphatic rings. The Morgan fingerprint density at radius 1 is 1.42 bits per heavy atom. The Labute approximate surface area is 116 Å². The number of aromatic nitrogens is 1. The zero-order valence-corrected chi connectivity index (χ0v) is 12.2. The highest BCUT2D eigenvalue weighted by molar-refractivity contribution is 5.13. The minimum absolute atomic E-state index is 0.246. The minimum Gasteiger partial charge on any atom is -0.392 e. The fraction of sp³-hybridized carbons (Fsp3) is 0.667. The van der Waals surface area contributed by atoms with Crippen LogP contribution in [0.25, 0.3) is 0 Å². The van der Waals surface area contributed by atoms with Crippen molar-refractivity contribution in [2.45, 2.75) is 39.0 Å². The molecule has 0 aromatic carbocycles. The van der Waals surface area contributed by atoms with E-state index in [2.05, 4.69) is 34.7 Å². The molecule has 1 fully saturated rings. The summed E-state index contributed by atoms with van der Waals surface area (Å²) in [5.74, 6) is 0. The van der Waals surface area contributed by atoms with Crippen molar-refractivity contribution in [2.24, 2.45) is 0 Å². The third-order valence-corrected chi connectivity index (χ3v) is 4.01. The molecule has 4 nitrogen and oxygen atoms in total. The predicted octanol–water partition coefficient (Wildman–Crippen LogP) is 1.53. The van der Waals surface area contributed by atoms with Gasteiger partial charge in [-0.3, -0.25) is 14.8 Å². The number of nitrogens with zero attached hydrogens (tertiary/aromatic N) is 3. The van der Waals surface area contributed by atoms with Crippen LogP contribution in [0.5, 0.6) is 0 Å². The van der Waals surface area contributed by atoms with E-state index in [1.165, 1.54) is 5.56 Å². The Balaban J connectivity index is 1.94. The molecule has 2 heterocycles. The van der Waals surface area contributed by atoms with Gasteiger partial charge in [-0.25, -0.2) is 0 Å². The lowest BCUT2D eigenvalue weighted by Crippen LogP contribution is -2.53. The highest BCUT2D eigenvalue weighted by Crippen LogP contribution is 2.22. The van der Waals surface area contributed by atoms with Crippen molar-refractivity contribution in [3.05, 3.63) is 30.1 Å². The molecule has 3 atom stereocenters. The van der Waals surface area contributed by atoms with Crippen molar-refractivity contribution in [1.82, 2.24) is 14.8 Å². The number of aliphatic hydroxyl groups is 1. The molecule has 3 unspecified atom stereocenters. The van der Waals surface area contributed by atoms with E-state index in [4.69, 9.17) is 0 Å². The molecule has 2 rings (SSSR count). The van der Waals surface area contributed by atoms with Gasteiger partial charge in [0.1, 0.15) is 0 Å². The number of aliphatic hydroxyl groups excluding tert-OH is 1. The molecule has 4 heteroatoms. The van der Waals surface area contributed by atoms with Crippen LogP contribution in [0.3, 0.4) is 0 Å². The lowest BCUT2D eigenvalue weighted by Gasteiger charge is -2.42. The lowest BCUT2D eigenvalue weighted by molar-refractivity contribution is 0.0303. The first-order valence-corrected chi connectivity index (χ1v) is 7.14. The Kier molecular flexibility index (Phi) is 4.91. The number of pyridine rings is 1. The van der Waals surface area contributed by atoms with Crippen LogP contribution < -0.4 is 0 Å². The Morgan fingerprint density at radius 3 is 2.79 bits per heavy atom. The van der Waals surface area contributed by atoms with Gasteiger partial charge in [-0.05, 0) is 32.4 Å². The molecule has 0 spiro atoms. The summed E-state index contributed by atoms with van der Waals surface area (Å²) in [6.07, 6.45) is 3.53. The standard InChI is InChI=1S/C15H25N3O/c1-12-10-18(8-7-17(12)11-13(2)19)14(3)15-5-4-6-16-9-15/h4-6,9,12-14,19H,7-8,10-11H2,1-3H3. The maximum absolute atomic E-state index is 9.51. The van der Waals surface area contributed by atoms with Gasteiger partial charge in [-0.1, -0.05) is 6.07 Å². The number of hydrogen-bond acceptors (Lipinski definition) is 4. The van der Waals surface area contributed by atoms with Crippen molar-refractivity contribution >= 4 is 0 Å². The summed E-state index contributed by atoms with van der Waals surface area (Å²) in [4.78, 5) is 9.08. The topological polar surface area (TPSA) is 39.6 Å². The third kappa shape index (κ3) is 3.75. The SMILES string of the molecule is CC(O)CN1CCN(C(C)c2cccnc2)CC1C. The van der Waals surface area contributed by atoms with E-state index in [-0.39, 0.29) is 6.10 Å². The highest BCUT2D eigenvalue weighted by atomic mass is 16.3. The van der Waals surface area contributed by atoms with E-state index in [1.807, 2.05) is 25.4 Å². The third-order valence-electron chi connectivity index (χ3n) is 4.01. The summed E-state index contributed by atoms with van der Waals surface area (Å²) in [5.41, 5.74) is 1.28. The van der Waals surface area contributed by atoms with Crippen molar-refractivity contribution in [3.8, 4) is 0 Å². The molecule has 1 saturated heterocycles. The molecule has 0 saturated carbocycles. The van der Waals surface area contributed by atoms with Gasteiger partial charge in [0, 0.05) is 50.7 Å². The molecule has 0 radical (unpaired) electrons. The van der Waals surface area contributed by atoms with Gasteiger partial charge in [-0.15, -0.1) is 0 Å². The zero-order chi connectivity index (χ0) is 13.8. The lowest BCUT2D eigenvalue weighted by atomic mass is 10.1. The van der Waals surface area contributed by atoms with Crippen LogP contribution in [0.1, 0.15) is 32.4 Å². The average molecular weight is 263 g/mol. The maximum atomic E-state index is 9.51. The fourth-order valence-corrected chi connectivity index (χ4v) is 2.82. The van der Waals surface area contributed by atoms with Crippen molar-refractivity contribution in [1.29, 1.82) is 0 Å². The molecule has 19 heavy (non-hydrogen) atoms. The molecule has 0 aliphatic carbocycles. The van der Waals surface area contributed by atoms with Gasteiger partial charge < -0.3 is 5.11 Å². The van der Waals surface area contributed by atoms with Crippen LogP contribution in [-0.2, 0) is 0 Å². The summed E-state index contributed by atoms with van der Waals surface area (Å²) in [6, 6.07) is 5.04. The van der Waals surface area contributed by atoms with Crippen LogP contribution in [0.15, 0.2) is 24.5 Å². The summed E-state index contributed by atoms with van der Waals surface area (Å²) in [6.45, 7) is 10.2. The van der Waals surface area contributed by atoms with Gasteiger partial charge >= 0.3 is 0 Å². The molecule has 1 aromatic rings. The zero-order valence-electron chi connectivity index (χ0n) is 12.2. The van der Waals surface area contributed by atoms with Gasteiger partial charge in [0.25, 0.3) is 0 Å². The van der Waals surface area contributed by atoms with Gasteiger partial charge in [0.15, 0.2) is 0 Å². The van der Waals surface area contributed by atoms with E-state index in [0.29, 0.717) is 12.1 Å². The monoisotopic (exact) mass is 263 g/mol. The van der Waals surface area contributed by atoms with Crippen LogP contribution in [0, 0.1) is 0 Å². The Morgan fingerprint density at radius 2 is 2.21 bits per heavy atom. The number of β-amino-alcohol motifs (C(OH)–C–C–N with tert-alkyl or cyclic N) is 1. The summed E-state index contributed by atoms with van der Waals surface area (Å²) in [5, 5.41) is 9.51. The summed E-state index contributed by atoms with van der Waals surface area (Å²) < 4.78 is 0. The minimum atomic E-state index is -0.246. The molecule has 106 valence electrons. The van der Waals surface area contributed by atoms with E-state index < -0.39 is 0 Å². The summed E-state index contributed by atoms with van der Waals surface area (Å²) in [7, 11) is 0. The first-order chi connectivity index (χ1) is 9.08. The van der Waals surface area contributed by atoms with Gasteiger partial charge in [0.2, 0.25) is 0 Å². The second-order valence-corrected chi connectivity index (χ2v) is 5.65.